The smallest absolute Gasteiger partial charge is 0.243 e. The van der Waals surface area contributed by atoms with Crippen molar-refractivity contribution in [3.63, 3.8) is 0 Å². The molecule has 0 bridgehead atoms. The molecule has 0 aromatic heterocycles. The summed E-state index contributed by atoms with van der Waals surface area (Å²) in [6, 6.07) is 9.48. The minimum absolute atomic E-state index is 0.0343. The molecule has 28 heavy (non-hydrogen) atoms. The number of ether oxygens (including phenoxy) is 3. The summed E-state index contributed by atoms with van der Waals surface area (Å²) in [5, 5.41) is 2.58. The van der Waals surface area contributed by atoms with E-state index in [1.807, 2.05) is 0 Å². The molecule has 9 heteroatoms. The number of hydrogen-bond donors (Lipinski definition) is 1. The summed E-state index contributed by atoms with van der Waals surface area (Å²) in [5.74, 6) is 1.18. The molecule has 0 heterocycles. The van der Waals surface area contributed by atoms with Crippen molar-refractivity contribution >= 4 is 21.6 Å². The molecule has 0 aliphatic heterocycles. The first-order valence-electron chi connectivity index (χ1n) is 8.35. The van der Waals surface area contributed by atoms with Gasteiger partial charge in [-0.2, -0.15) is 4.31 Å². The van der Waals surface area contributed by atoms with Crippen molar-refractivity contribution in [1.29, 1.82) is 0 Å². The highest BCUT2D eigenvalue weighted by molar-refractivity contribution is 7.89. The van der Waals surface area contributed by atoms with Crippen molar-refractivity contribution in [3.05, 3.63) is 42.0 Å². The van der Waals surface area contributed by atoms with E-state index in [0.717, 1.165) is 0 Å². The molecule has 0 fully saturated rings. The number of anilines is 1. The number of carbonyl (C=O) groups is 1. The second-order valence-corrected chi connectivity index (χ2v) is 8.03. The molecule has 8 nitrogen and oxygen atoms in total. The van der Waals surface area contributed by atoms with E-state index in [1.54, 1.807) is 25.3 Å². The normalized spacial score (nSPS) is 11.2. The van der Waals surface area contributed by atoms with Crippen molar-refractivity contribution in [2.24, 2.45) is 0 Å². The summed E-state index contributed by atoms with van der Waals surface area (Å²) >= 11 is 0. The standard InChI is InChI=1S/C19H24N2O6S/c1-13(22)20-17-11-16(8-9-18(17)26-4)28(23,24)21(2)12-14-6-7-15(25-3)10-19(14)27-5/h6-11H,12H2,1-5H3,(H,20,22). The summed E-state index contributed by atoms with van der Waals surface area (Å²) in [6.45, 7) is 1.43. The lowest BCUT2D eigenvalue weighted by atomic mass is 10.2. The third kappa shape index (κ3) is 4.73. The maximum absolute atomic E-state index is 13.0. The summed E-state index contributed by atoms with van der Waals surface area (Å²) < 4.78 is 42.9. The number of nitrogens with zero attached hydrogens (tertiary/aromatic N) is 1. The predicted molar refractivity (Wildman–Crippen MR) is 105 cm³/mol. The van der Waals surface area contributed by atoms with Crippen molar-refractivity contribution in [2.45, 2.75) is 18.4 Å². The van der Waals surface area contributed by atoms with E-state index in [-0.39, 0.29) is 23.0 Å². The van der Waals surface area contributed by atoms with E-state index in [4.69, 9.17) is 14.2 Å². The van der Waals surface area contributed by atoms with Gasteiger partial charge in [0.05, 0.1) is 31.9 Å². The van der Waals surface area contributed by atoms with Gasteiger partial charge in [-0.3, -0.25) is 4.79 Å². The van der Waals surface area contributed by atoms with Crippen LogP contribution in [0.1, 0.15) is 12.5 Å². The molecular weight excluding hydrogens is 384 g/mol. The van der Waals surface area contributed by atoms with Gasteiger partial charge in [-0.1, -0.05) is 6.07 Å². The highest BCUT2D eigenvalue weighted by atomic mass is 32.2. The minimum Gasteiger partial charge on any atom is -0.497 e. The Morgan fingerprint density at radius 2 is 1.68 bits per heavy atom. The van der Waals surface area contributed by atoms with Crippen molar-refractivity contribution < 1.29 is 27.4 Å². The predicted octanol–water partition coefficient (Wildman–Crippen LogP) is 2.49. The van der Waals surface area contributed by atoms with Gasteiger partial charge in [0.2, 0.25) is 15.9 Å². The highest BCUT2D eigenvalue weighted by Crippen LogP contribution is 2.30. The third-order valence-electron chi connectivity index (χ3n) is 4.08. The Kier molecular flexibility index (Phi) is 6.87. The largest absolute Gasteiger partial charge is 0.497 e. The molecule has 0 aliphatic rings. The van der Waals surface area contributed by atoms with E-state index in [0.29, 0.717) is 22.8 Å². The first-order chi connectivity index (χ1) is 13.2. The van der Waals surface area contributed by atoms with Crippen molar-refractivity contribution in [3.8, 4) is 17.2 Å². The van der Waals surface area contributed by atoms with Gasteiger partial charge in [0.15, 0.2) is 0 Å². The van der Waals surface area contributed by atoms with Crippen LogP contribution < -0.4 is 19.5 Å². The number of methoxy groups -OCH3 is 3. The fourth-order valence-corrected chi connectivity index (χ4v) is 3.80. The molecule has 0 saturated carbocycles. The zero-order chi connectivity index (χ0) is 20.9. The molecule has 1 N–H and O–H groups in total. The highest BCUT2D eigenvalue weighted by Gasteiger charge is 2.24. The fraction of sp³-hybridized carbons (Fsp3) is 0.316. The molecule has 0 unspecified atom stereocenters. The Balaban J connectivity index is 2.35. The van der Waals surface area contributed by atoms with Gasteiger partial charge >= 0.3 is 0 Å². The van der Waals surface area contributed by atoms with E-state index in [9.17, 15) is 13.2 Å². The molecule has 2 aromatic rings. The minimum atomic E-state index is -3.82. The second-order valence-electron chi connectivity index (χ2n) is 5.98. The van der Waals surface area contributed by atoms with Gasteiger partial charge in [0, 0.05) is 32.1 Å². The lowest BCUT2D eigenvalue weighted by molar-refractivity contribution is -0.114. The van der Waals surface area contributed by atoms with E-state index in [2.05, 4.69) is 5.32 Å². The molecule has 2 rings (SSSR count). The quantitative estimate of drug-likeness (QED) is 0.721. The molecule has 0 atom stereocenters. The van der Waals surface area contributed by atoms with Crippen LogP contribution in [-0.2, 0) is 21.4 Å². The first-order valence-corrected chi connectivity index (χ1v) is 9.79. The van der Waals surface area contributed by atoms with Crippen LogP contribution in [0.15, 0.2) is 41.3 Å². The van der Waals surface area contributed by atoms with Crippen LogP contribution in [0.4, 0.5) is 5.69 Å². The molecule has 2 aromatic carbocycles. The lowest BCUT2D eigenvalue weighted by Crippen LogP contribution is -2.27. The molecule has 1 amide bonds. The van der Waals surface area contributed by atoms with Gasteiger partial charge in [-0.05, 0) is 24.3 Å². The van der Waals surface area contributed by atoms with Crippen molar-refractivity contribution in [1.82, 2.24) is 4.31 Å². The van der Waals surface area contributed by atoms with E-state index >= 15 is 0 Å². The SMILES string of the molecule is COc1ccc(CN(C)S(=O)(=O)c2ccc(OC)c(NC(C)=O)c2)c(OC)c1. The average Bonchev–Trinajstić information content (AvgIpc) is 2.67. The van der Waals surface area contributed by atoms with Crippen LogP contribution in [0.5, 0.6) is 17.2 Å². The maximum atomic E-state index is 13.0. The number of carbonyl (C=O) groups excluding carboxylic acids is 1. The number of benzene rings is 2. The van der Waals surface area contributed by atoms with Gasteiger partial charge in [-0.15, -0.1) is 0 Å². The Morgan fingerprint density at radius 1 is 1.00 bits per heavy atom. The van der Waals surface area contributed by atoms with Crippen LogP contribution >= 0.6 is 0 Å². The Hall–Kier alpha value is -2.78. The van der Waals surface area contributed by atoms with Crippen LogP contribution in [0.25, 0.3) is 0 Å². The fourth-order valence-electron chi connectivity index (χ4n) is 2.62. The van der Waals surface area contributed by atoms with Gasteiger partial charge < -0.3 is 19.5 Å². The lowest BCUT2D eigenvalue weighted by Gasteiger charge is -2.20. The molecular formula is C19H24N2O6S. The van der Waals surface area contributed by atoms with Crippen LogP contribution in [0, 0.1) is 0 Å². The first kappa shape index (κ1) is 21.5. The average molecular weight is 408 g/mol. The molecule has 0 saturated heterocycles. The number of sulfonamides is 1. The van der Waals surface area contributed by atoms with Crippen LogP contribution in [-0.4, -0.2) is 47.0 Å². The Labute approximate surface area is 165 Å². The summed E-state index contributed by atoms with van der Waals surface area (Å²) in [7, 11) is 2.15. The summed E-state index contributed by atoms with van der Waals surface area (Å²) in [5.41, 5.74) is 0.969. The molecule has 0 aliphatic carbocycles. The van der Waals surface area contributed by atoms with E-state index in [1.165, 1.54) is 50.7 Å². The number of hydrogen-bond acceptors (Lipinski definition) is 6. The monoisotopic (exact) mass is 408 g/mol. The molecule has 0 spiro atoms. The zero-order valence-corrected chi connectivity index (χ0v) is 17.3. The third-order valence-corrected chi connectivity index (χ3v) is 5.88. The van der Waals surface area contributed by atoms with Gasteiger partial charge in [-0.25, -0.2) is 8.42 Å². The number of rotatable bonds is 8. The second kappa shape index (κ2) is 8.94. The zero-order valence-electron chi connectivity index (χ0n) is 16.5. The number of nitrogens with one attached hydrogen (secondary N) is 1. The van der Waals surface area contributed by atoms with Gasteiger partial charge in [0.25, 0.3) is 0 Å². The molecule has 152 valence electrons. The maximum Gasteiger partial charge on any atom is 0.243 e. The topological polar surface area (TPSA) is 94.2 Å². The Bertz CT molecular complexity index is 959. The number of amides is 1. The van der Waals surface area contributed by atoms with Gasteiger partial charge in [0.1, 0.15) is 17.2 Å². The Morgan fingerprint density at radius 3 is 2.25 bits per heavy atom. The summed E-state index contributed by atoms with van der Waals surface area (Å²) in [6.07, 6.45) is 0. The van der Waals surface area contributed by atoms with E-state index < -0.39 is 10.0 Å². The van der Waals surface area contributed by atoms with Crippen molar-refractivity contribution in [2.75, 3.05) is 33.7 Å². The van der Waals surface area contributed by atoms with Crippen LogP contribution in [0.2, 0.25) is 0 Å². The summed E-state index contributed by atoms with van der Waals surface area (Å²) in [4.78, 5) is 11.4. The molecule has 0 radical (unpaired) electrons. The van der Waals surface area contributed by atoms with Crippen LogP contribution in [0.3, 0.4) is 0 Å².